The van der Waals surface area contributed by atoms with Crippen molar-refractivity contribution in [3.63, 3.8) is 0 Å². The number of nitrogens with one attached hydrogen (secondary N) is 1. The molecule has 0 aliphatic carbocycles. The van der Waals surface area contributed by atoms with Gasteiger partial charge in [0.05, 0.1) is 6.10 Å². The van der Waals surface area contributed by atoms with Crippen LogP contribution in [0.1, 0.15) is 18.1 Å². The van der Waals surface area contributed by atoms with Crippen LogP contribution in [0.2, 0.25) is 0 Å². The lowest BCUT2D eigenvalue weighted by Crippen LogP contribution is -2.24. The van der Waals surface area contributed by atoms with E-state index in [1.165, 1.54) is 12.1 Å². The number of aliphatic hydroxyl groups is 2. The van der Waals surface area contributed by atoms with Gasteiger partial charge in [-0.25, -0.2) is 4.39 Å². The molecule has 0 aliphatic heterocycles. The van der Waals surface area contributed by atoms with Gasteiger partial charge in [-0.3, -0.25) is 0 Å². The maximum Gasteiger partial charge on any atom is 0.125 e. The molecule has 0 saturated heterocycles. The van der Waals surface area contributed by atoms with Gasteiger partial charge < -0.3 is 21.3 Å². The summed E-state index contributed by atoms with van der Waals surface area (Å²) in [6.45, 7) is 0.583. The molecular formula is C11H17FN2O2. The van der Waals surface area contributed by atoms with Crippen LogP contribution in [0.3, 0.4) is 0 Å². The molecule has 0 spiro atoms. The lowest BCUT2D eigenvalue weighted by Gasteiger charge is -2.19. The van der Waals surface area contributed by atoms with Crippen molar-refractivity contribution in [2.75, 3.05) is 19.3 Å². The van der Waals surface area contributed by atoms with Crippen molar-refractivity contribution in [3.05, 3.63) is 29.6 Å². The number of hydrogen-bond acceptors (Lipinski definition) is 4. The zero-order chi connectivity index (χ0) is 12.1. The fourth-order valence-electron chi connectivity index (χ4n) is 1.47. The van der Waals surface area contributed by atoms with Gasteiger partial charge >= 0.3 is 0 Å². The monoisotopic (exact) mass is 228 g/mol. The van der Waals surface area contributed by atoms with E-state index in [0.717, 1.165) is 6.07 Å². The van der Waals surface area contributed by atoms with E-state index in [-0.39, 0.29) is 5.69 Å². The molecule has 0 aromatic heterocycles. The van der Waals surface area contributed by atoms with Crippen LogP contribution in [0.4, 0.5) is 10.1 Å². The van der Waals surface area contributed by atoms with Gasteiger partial charge in [0, 0.05) is 11.3 Å². The third-order valence-corrected chi connectivity index (χ3v) is 2.42. The van der Waals surface area contributed by atoms with Gasteiger partial charge in [0.15, 0.2) is 0 Å². The topological polar surface area (TPSA) is 78.5 Å². The van der Waals surface area contributed by atoms with Crippen molar-refractivity contribution in [1.82, 2.24) is 5.32 Å². The molecule has 4 nitrogen and oxygen atoms in total. The number of anilines is 1. The first-order valence-electron chi connectivity index (χ1n) is 5.12. The molecule has 5 heteroatoms. The summed E-state index contributed by atoms with van der Waals surface area (Å²) >= 11 is 0. The quantitative estimate of drug-likeness (QED) is 0.550. The van der Waals surface area contributed by atoms with E-state index < -0.39 is 18.0 Å². The Labute approximate surface area is 93.9 Å². The minimum Gasteiger partial charge on any atom is -0.398 e. The minimum absolute atomic E-state index is 0.149. The summed E-state index contributed by atoms with van der Waals surface area (Å²) in [6, 6.07) is 3.72. The summed E-state index contributed by atoms with van der Waals surface area (Å²) in [4.78, 5) is 0. The third kappa shape index (κ3) is 3.16. The standard InChI is InChI=1S/C11H17FN2O2/c1-14-5-4-10(15)11(16)8-3-2-7(12)6-9(8)13/h2-3,6,10-11,14-16H,4-5,13H2,1H3. The molecule has 1 aromatic carbocycles. The highest BCUT2D eigenvalue weighted by atomic mass is 19.1. The largest absolute Gasteiger partial charge is 0.398 e. The van der Waals surface area contributed by atoms with Crippen molar-refractivity contribution in [3.8, 4) is 0 Å². The smallest absolute Gasteiger partial charge is 0.125 e. The first-order valence-corrected chi connectivity index (χ1v) is 5.12. The van der Waals surface area contributed by atoms with Gasteiger partial charge in [-0.05, 0) is 32.1 Å². The third-order valence-electron chi connectivity index (χ3n) is 2.42. The van der Waals surface area contributed by atoms with Gasteiger partial charge in [-0.2, -0.15) is 0 Å². The zero-order valence-corrected chi connectivity index (χ0v) is 9.15. The molecular weight excluding hydrogens is 211 g/mol. The predicted molar refractivity (Wildman–Crippen MR) is 60.3 cm³/mol. The van der Waals surface area contributed by atoms with Gasteiger partial charge in [0.1, 0.15) is 11.9 Å². The van der Waals surface area contributed by atoms with Crippen molar-refractivity contribution in [1.29, 1.82) is 0 Å². The lowest BCUT2D eigenvalue weighted by atomic mass is 10.0. The SMILES string of the molecule is CNCCC(O)C(O)c1ccc(F)cc1N. The second-order valence-corrected chi connectivity index (χ2v) is 3.68. The predicted octanol–water partition coefficient (Wildman–Crippen LogP) is 0.412. The normalized spacial score (nSPS) is 14.8. The van der Waals surface area contributed by atoms with Crippen LogP contribution in [-0.4, -0.2) is 29.9 Å². The van der Waals surface area contributed by atoms with Gasteiger partial charge in [-0.1, -0.05) is 6.07 Å². The average molecular weight is 228 g/mol. The van der Waals surface area contributed by atoms with Crippen molar-refractivity contribution in [2.24, 2.45) is 0 Å². The Kier molecular flexibility index (Phi) is 4.67. The van der Waals surface area contributed by atoms with Crippen molar-refractivity contribution < 1.29 is 14.6 Å². The molecule has 0 saturated carbocycles. The van der Waals surface area contributed by atoms with E-state index in [0.29, 0.717) is 18.5 Å². The number of hydrogen-bond donors (Lipinski definition) is 4. The molecule has 2 atom stereocenters. The first kappa shape index (κ1) is 12.9. The summed E-state index contributed by atoms with van der Waals surface area (Å²) in [5.74, 6) is -0.460. The Hall–Kier alpha value is -1.17. The summed E-state index contributed by atoms with van der Waals surface area (Å²) < 4.78 is 12.8. The fourth-order valence-corrected chi connectivity index (χ4v) is 1.47. The second kappa shape index (κ2) is 5.79. The molecule has 0 heterocycles. The molecule has 5 N–H and O–H groups in total. The fraction of sp³-hybridized carbons (Fsp3) is 0.455. The summed E-state index contributed by atoms with van der Waals surface area (Å²) in [7, 11) is 1.76. The Morgan fingerprint density at radius 2 is 2.12 bits per heavy atom. The van der Waals surface area contributed by atoms with E-state index in [1.807, 2.05) is 0 Å². The Morgan fingerprint density at radius 1 is 1.44 bits per heavy atom. The Balaban J connectivity index is 2.75. The summed E-state index contributed by atoms with van der Waals surface area (Å²) in [5.41, 5.74) is 6.06. The highest BCUT2D eigenvalue weighted by Crippen LogP contribution is 2.24. The van der Waals surface area contributed by atoms with E-state index >= 15 is 0 Å². The number of halogens is 1. The number of aliphatic hydroxyl groups excluding tert-OH is 2. The molecule has 16 heavy (non-hydrogen) atoms. The molecule has 1 rings (SSSR count). The number of nitrogens with two attached hydrogens (primary N) is 1. The lowest BCUT2D eigenvalue weighted by molar-refractivity contribution is 0.0144. The van der Waals surface area contributed by atoms with Gasteiger partial charge in [0.25, 0.3) is 0 Å². The van der Waals surface area contributed by atoms with Crippen LogP contribution in [0.5, 0.6) is 0 Å². The van der Waals surface area contributed by atoms with E-state index in [2.05, 4.69) is 5.32 Å². The molecule has 0 bridgehead atoms. The maximum absolute atomic E-state index is 12.8. The van der Waals surface area contributed by atoms with Crippen molar-refractivity contribution in [2.45, 2.75) is 18.6 Å². The number of rotatable bonds is 5. The van der Waals surface area contributed by atoms with E-state index in [1.54, 1.807) is 7.05 Å². The molecule has 0 fully saturated rings. The minimum atomic E-state index is -1.09. The molecule has 90 valence electrons. The number of nitrogen functional groups attached to an aromatic ring is 1. The van der Waals surface area contributed by atoms with Gasteiger partial charge in [0.2, 0.25) is 0 Å². The van der Waals surface area contributed by atoms with Crippen LogP contribution in [0.15, 0.2) is 18.2 Å². The number of benzene rings is 1. The highest BCUT2D eigenvalue weighted by Gasteiger charge is 2.20. The Morgan fingerprint density at radius 3 is 2.69 bits per heavy atom. The summed E-state index contributed by atoms with van der Waals surface area (Å²) in [6.07, 6.45) is -1.61. The van der Waals surface area contributed by atoms with Gasteiger partial charge in [-0.15, -0.1) is 0 Å². The van der Waals surface area contributed by atoms with Crippen LogP contribution < -0.4 is 11.1 Å². The van der Waals surface area contributed by atoms with Crippen LogP contribution in [0, 0.1) is 5.82 Å². The average Bonchev–Trinajstić information content (AvgIpc) is 2.25. The molecule has 0 aliphatic rings. The molecule has 0 radical (unpaired) electrons. The van der Waals surface area contributed by atoms with Crippen LogP contribution in [-0.2, 0) is 0 Å². The van der Waals surface area contributed by atoms with Crippen LogP contribution >= 0.6 is 0 Å². The molecule has 2 unspecified atom stereocenters. The van der Waals surface area contributed by atoms with Crippen LogP contribution in [0.25, 0.3) is 0 Å². The molecule has 0 amide bonds. The first-order chi connectivity index (χ1) is 7.56. The highest BCUT2D eigenvalue weighted by molar-refractivity contribution is 5.48. The Bertz CT molecular complexity index is 347. The van der Waals surface area contributed by atoms with E-state index in [9.17, 15) is 14.6 Å². The molecule has 1 aromatic rings. The second-order valence-electron chi connectivity index (χ2n) is 3.68. The maximum atomic E-state index is 12.8. The zero-order valence-electron chi connectivity index (χ0n) is 9.15. The van der Waals surface area contributed by atoms with Crippen molar-refractivity contribution >= 4 is 5.69 Å². The van der Waals surface area contributed by atoms with E-state index in [4.69, 9.17) is 5.73 Å². The summed E-state index contributed by atoms with van der Waals surface area (Å²) in [5, 5.41) is 22.3.